The molecule has 29 heavy (non-hydrogen) atoms. The molecule has 148 valence electrons. The van der Waals surface area contributed by atoms with Crippen LogP contribution in [-0.2, 0) is 16.1 Å². The number of rotatable bonds is 7. The van der Waals surface area contributed by atoms with Gasteiger partial charge in [0, 0.05) is 11.4 Å². The molecule has 0 bridgehead atoms. The zero-order valence-corrected chi connectivity index (χ0v) is 16.6. The molecule has 0 fully saturated rings. The first kappa shape index (κ1) is 20.1. The number of hydrogen-bond donors (Lipinski definition) is 1. The maximum absolute atomic E-state index is 13.0. The van der Waals surface area contributed by atoms with Crippen LogP contribution < -0.4 is 10.2 Å². The smallest absolute Gasteiger partial charge is 0.337 e. The molecule has 0 aromatic heterocycles. The summed E-state index contributed by atoms with van der Waals surface area (Å²) in [5, 5.41) is 3.17. The number of carbonyl (C=O) groups excluding carboxylic acids is 2. The zero-order valence-electron chi connectivity index (χ0n) is 16.6. The molecule has 3 aromatic rings. The standard InChI is InChI=1S/C24H24N2O3/c1-18-8-14-22(15-9-18)26(23(27)16-25-21-6-4-3-5-7-21)17-19-10-12-20(13-11-19)24(28)29-2/h3-15,25H,16-17H2,1-2H3. The Bertz CT molecular complexity index is 952. The molecule has 0 unspecified atom stereocenters. The highest BCUT2D eigenvalue weighted by Crippen LogP contribution is 2.19. The van der Waals surface area contributed by atoms with E-state index in [9.17, 15) is 9.59 Å². The first-order valence-corrected chi connectivity index (χ1v) is 9.40. The molecular formula is C24H24N2O3. The molecule has 0 aliphatic rings. The summed E-state index contributed by atoms with van der Waals surface area (Å²) in [5.41, 5.74) is 4.26. The predicted octanol–water partition coefficient (Wildman–Crippen LogP) is 4.43. The minimum atomic E-state index is -0.380. The lowest BCUT2D eigenvalue weighted by molar-refractivity contribution is -0.117. The van der Waals surface area contributed by atoms with Crippen molar-refractivity contribution in [2.24, 2.45) is 0 Å². The molecule has 0 saturated carbocycles. The van der Waals surface area contributed by atoms with Gasteiger partial charge in [-0.25, -0.2) is 4.79 Å². The van der Waals surface area contributed by atoms with Gasteiger partial charge in [0.15, 0.2) is 0 Å². The van der Waals surface area contributed by atoms with E-state index >= 15 is 0 Å². The molecular weight excluding hydrogens is 364 g/mol. The molecule has 3 aromatic carbocycles. The Hall–Kier alpha value is -3.60. The summed E-state index contributed by atoms with van der Waals surface area (Å²) in [4.78, 5) is 26.4. The fourth-order valence-electron chi connectivity index (χ4n) is 2.92. The monoisotopic (exact) mass is 388 g/mol. The second-order valence-corrected chi connectivity index (χ2v) is 6.72. The molecule has 1 N–H and O–H groups in total. The van der Waals surface area contributed by atoms with Gasteiger partial charge in [-0.15, -0.1) is 0 Å². The Morgan fingerprint density at radius 3 is 2.17 bits per heavy atom. The first-order valence-electron chi connectivity index (χ1n) is 9.40. The summed E-state index contributed by atoms with van der Waals surface area (Å²) in [6, 6.07) is 24.6. The Kier molecular flexibility index (Phi) is 6.63. The van der Waals surface area contributed by atoms with E-state index in [1.54, 1.807) is 17.0 Å². The van der Waals surface area contributed by atoms with Crippen LogP contribution in [0, 0.1) is 6.92 Å². The fourth-order valence-corrected chi connectivity index (χ4v) is 2.92. The van der Waals surface area contributed by atoms with Crippen LogP contribution in [0.2, 0.25) is 0 Å². The van der Waals surface area contributed by atoms with Crippen molar-refractivity contribution in [2.75, 3.05) is 23.9 Å². The lowest BCUT2D eigenvalue weighted by atomic mass is 10.1. The fraction of sp³-hybridized carbons (Fsp3) is 0.167. The number of para-hydroxylation sites is 1. The summed E-state index contributed by atoms with van der Waals surface area (Å²) in [6.07, 6.45) is 0. The van der Waals surface area contributed by atoms with E-state index in [2.05, 4.69) is 5.32 Å². The van der Waals surface area contributed by atoms with Crippen molar-refractivity contribution >= 4 is 23.3 Å². The van der Waals surface area contributed by atoms with Crippen molar-refractivity contribution < 1.29 is 14.3 Å². The van der Waals surface area contributed by atoms with Crippen LogP contribution in [-0.4, -0.2) is 25.5 Å². The molecule has 0 heterocycles. The molecule has 0 aliphatic carbocycles. The van der Waals surface area contributed by atoms with E-state index in [-0.39, 0.29) is 18.4 Å². The second kappa shape index (κ2) is 9.55. The Morgan fingerprint density at radius 2 is 1.55 bits per heavy atom. The largest absolute Gasteiger partial charge is 0.465 e. The molecule has 3 rings (SSSR count). The van der Waals surface area contributed by atoms with Crippen molar-refractivity contribution in [3.63, 3.8) is 0 Å². The number of amides is 1. The predicted molar refractivity (Wildman–Crippen MR) is 115 cm³/mol. The van der Waals surface area contributed by atoms with E-state index < -0.39 is 0 Å². The van der Waals surface area contributed by atoms with Gasteiger partial charge < -0.3 is 15.0 Å². The molecule has 5 heteroatoms. The number of nitrogens with one attached hydrogen (secondary N) is 1. The van der Waals surface area contributed by atoms with E-state index in [0.29, 0.717) is 12.1 Å². The van der Waals surface area contributed by atoms with Gasteiger partial charge in [0.05, 0.1) is 25.8 Å². The Morgan fingerprint density at radius 1 is 0.897 bits per heavy atom. The van der Waals surface area contributed by atoms with Crippen LogP contribution in [0.4, 0.5) is 11.4 Å². The van der Waals surface area contributed by atoms with E-state index in [0.717, 1.165) is 22.5 Å². The van der Waals surface area contributed by atoms with Crippen molar-refractivity contribution in [1.82, 2.24) is 0 Å². The normalized spacial score (nSPS) is 10.3. The number of methoxy groups -OCH3 is 1. The van der Waals surface area contributed by atoms with Crippen molar-refractivity contribution in [1.29, 1.82) is 0 Å². The average Bonchev–Trinajstić information content (AvgIpc) is 2.77. The lowest BCUT2D eigenvalue weighted by Gasteiger charge is -2.24. The van der Waals surface area contributed by atoms with Gasteiger partial charge in [-0.2, -0.15) is 0 Å². The van der Waals surface area contributed by atoms with Gasteiger partial charge in [0.1, 0.15) is 0 Å². The average molecular weight is 388 g/mol. The summed E-state index contributed by atoms with van der Waals surface area (Å²) >= 11 is 0. The second-order valence-electron chi connectivity index (χ2n) is 6.72. The zero-order chi connectivity index (χ0) is 20.6. The highest BCUT2D eigenvalue weighted by molar-refractivity contribution is 5.96. The quantitative estimate of drug-likeness (QED) is 0.609. The van der Waals surface area contributed by atoms with Crippen LogP contribution >= 0.6 is 0 Å². The van der Waals surface area contributed by atoms with Crippen molar-refractivity contribution in [3.8, 4) is 0 Å². The highest BCUT2D eigenvalue weighted by atomic mass is 16.5. The lowest BCUT2D eigenvalue weighted by Crippen LogP contribution is -2.35. The molecule has 0 spiro atoms. The number of anilines is 2. The maximum Gasteiger partial charge on any atom is 0.337 e. The number of aryl methyl sites for hydroxylation is 1. The van der Waals surface area contributed by atoms with E-state index in [4.69, 9.17) is 4.74 Å². The summed E-state index contributed by atoms with van der Waals surface area (Å²) < 4.78 is 4.74. The maximum atomic E-state index is 13.0. The number of hydrogen-bond acceptors (Lipinski definition) is 4. The van der Waals surface area contributed by atoms with E-state index in [1.165, 1.54) is 7.11 Å². The topological polar surface area (TPSA) is 58.6 Å². The van der Waals surface area contributed by atoms with Gasteiger partial charge in [-0.1, -0.05) is 48.0 Å². The van der Waals surface area contributed by atoms with Gasteiger partial charge in [-0.3, -0.25) is 4.79 Å². The molecule has 1 amide bonds. The van der Waals surface area contributed by atoms with Gasteiger partial charge in [0.25, 0.3) is 0 Å². The van der Waals surface area contributed by atoms with Gasteiger partial charge >= 0.3 is 5.97 Å². The summed E-state index contributed by atoms with van der Waals surface area (Å²) in [7, 11) is 1.35. The molecule has 0 aliphatic heterocycles. The van der Waals surface area contributed by atoms with E-state index in [1.807, 2.05) is 73.7 Å². The summed E-state index contributed by atoms with van der Waals surface area (Å²) in [5.74, 6) is -0.426. The number of carbonyl (C=O) groups is 2. The minimum Gasteiger partial charge on any atom is -0.465 e. The van der Waals surface area contributed by atoms with Crippen LogP contribution in [0.25, 0.3) is 0 Å². The minimum absolute atomic E-state index is 0.0465. The molecule has 0 radical (unpaired) electrons. The molecule has 0 saturated heterocycles. The third-order valence-electron chi connectivity index (χ3n) is 4.58. The van der Waals surface area contributed by atoms with Crippen molar-refractivity contribution in [3.05, 3.63) is 95.6 Å². The van der Waals surface area contributed by atoms with Crippen LogP contribution in [0.1, 0.15) is 21.5 Å². The summed E-state index contributed by atoms with van der Waals surface area (Å²) in [6.45, 7) is 2.59. The van der Waals surface area contributed by atoms with Crippen LogP contribution in [0.5, 0.6) is 0 Å². The molecule has 0 atom stereocenters. The Balaban J connectivity index is 1.78. The Labute approximate surface area is 170 Å². The van der Waals surface area contributed by atoms with Gasteiger partial charge in [0.2, 0.25) is 5.91 Å². The first-order chi connectivity index (χ1) is 14.1. The number of benzene rings is 3. The SMILES string of the molecule is COC(=O)c1ccc(CN(C(=O)CNc2ccccc2)c2ccc(C)cc2)cc1. The van der Waals surface area contributed by atoms with Crippen LogP contribution in [0.15, 0.2) is 78.9 Å². The van der Waals surface area contributed by atoms with Crippen LogP contribution in [0.3, 0.4) is 0 Å². The van der Waals surface area contributed by atoms with Gasteiger partial charge in [-0.05, 0) is 48.9 Å². The molecule has 5 nitrogen and oxygen atoms in total. The number of ether oxygens (including phenoxy) is 1. The third-order valence-corrected chi connectivity index (χ3v) is 4.58. The number of esters is 1. The third kappa shape index (κ3) is 5.45. The van der Waals surface area contributed by atoms with Crippen molar-refractivity contribution in [2.45, 2.75) is 13.5 Å². The number of nitrogens with zero attached hydrogens (tertiary/aromatic N) is 1. The highest BCUT2D eigenvalue weighted by Gasteiger charge is 2.16.